The van der Waals surface area contributed by atoms with Crippen molar-refractivity contribution in [2.75, 3.05) is 11.9 Å². The van der Waals surface area contributed by atoms with Crippen LogP contribution < -0.4 is 4.90 Å². The molecule has 0 spiro atoms. The minimum absolute atomic E-state index is 0.0639. The third-order valence-electron chi connectivity index (χ3n) is 2.78. The zero-order chi connectivity index (χ0) is 14.6. The Hall–Kier alpha value is -2.37. The first-order valence-electron chi connectivity index (χ1n) is 5.75. The van der Waals surface area contributed by atoms with Crippen LogP contribution in [-0.2, 0) is 4.79 Å². The van der Waals surface area contributed by atoms with Crippen molar-refractivity contribution in [3.8, 4) is 0 Å². The molecule has 0 aliphatic rings. The number of nitro benzene ring substituents is 1. The first-order valence-corrected chi connectivity index (χ1v) is 5.75. The Labute approximate surface area is 111 Å². The van der Waals surface area contributed by atoms with Crippen molar-refractivity contribution in [3.05, 3.63) is 40.0 Å². The smallest absolute Gasteiger partial charge is 0.328 e. The summed E-state index contributed by atoms with van der Waals surface area (Å²) in [4.78, 5) is 22.7. The highest BCUT2D eigenvalue weighted by Gasteiger charge is 2.13. The molecule has 102 valence electrons. The topological polar surface area (TPSA) is 83.7 Å². The van der Waals surface area contributed by atoms with Gasteiger partial charge in [-0.1, -0.05) is 0 Å². The Balaban J connectivity index is 3.29. The summed E-state index contributed by atoms with van der Waals surface area (Å²) in [5.41, 5.74) is 1.19. The van der Waals surface area contributed by atoms with E-state index in [0.717, 1.165) is 11.8 Å². The molecule has 0 aliphatic carbocycles. The van der Waals surface area contributed by atoms with E-state index in [1.807, 2.05) is 25.8 Å². The highest BCUT2D eigenvalue weighted by molar-refractivity contribution is 5.87. The number of rotatable bonds is 5. The molecule has 0 bridgehead atoms. The predicted octanol–water partition coefficient (Wildman–Crippen LogP) is 2.54. The lowest BCUT2D eigenvalue weighted by atomic mass is 10.1. The van der Waals surface area contributed by atoms with Gasteiger partial charge in [-0.05, 0) is 26.0 Å². The molecule has 0 fully saturated rings. The van der Waals surface area contributed by atoms with Crippen LogP contribution in [0, 0.1) is 10.1 Å². The molecule has 6 heteroatoms. The van der Waals surface area contributed by atoms with Crippen LogP contribution in [0.2, 0.25) is 0 Å². The monoisotopic (exact) mass is 264 g/mol. The van der Waals surface area contributed by atoms with Gasteiger partial charge < -0.3 is 10.0 Å². The van der Waals surface area contributed by atoms with E-state index in [2.05, 4.69) is 0 Å². The molecule has 0 aliphatic heterocycles. The summed E-state index contributed by atoms with van der Waals surface area (Å²) in [7, 11) is 1.85. The zero-order valence-corrected chi connectivity index (χ0v) is 11.0. The molecular formula is C13H16N2O4. The number of hydrogen-bond acceptors (Lipinski definition) is 4. The number of nitro groups is 1. The van der Waals surface area contributed by atoms with Gasteiger partial charge in [0, 0.05) is 42.5 Å². The van der Waals surface area contributed by atoms with Gasteiger partial charge in [0.25, 0.3) is 5.69 Å². The molecule has 0 amide bonds. The average Bonchev–Trinajstić information content (AvgIpc) is 2.34. The highest BCUT2D eigenvalue weighted by atomic mass is 16.6. The van der Waals surface area contributed by atoms with Crippen LogP contribution in [0.15, 0.2) is 24.3 Å². The van der Waals surface area contributed by atoms with E-state index in [4.69, 9.17) is 5.11 Å². The number of aliphatic carboxylic acids is 1. The molecule has 0 unspecified atom stereocenters. The number of non-ortho nitro benzene ring substituents is 1. The normalized spacial score (nSPS) is 10.9. The number of benzene rings is 1. The van der Waals surface area contributed by atoms with Crippen molar-refractivity contribution in [3.63, 3.8) is 0 Å². The number of nitrogens with zero attached hydrogens (tertiary/aromatic N) is 2. The minimum Gasteiger partial charge on any atom is -0.478 e. The van der Waals surface area contributed by atoms with Crippen LogP contribution in [-0.4, -0.2) is 29.1 Å². The van der Waals surface area contributed by atoms with Gasteiger partial charge in [0.1, 0.15) is 0 Å². The van der Waals surface area contributed by atoms with E-state index in [1.165, 1.54) is 18.2 Å². The molecule has 1 aromatic carbocycles. The summed E-state index contributed by atoms with van der Waals surface area (Å²) in [5, 5.41) is 19.4. The predicted molar refractivity (Wildman–Crippen MR) is 73.3 cm³/mol. The number of anilines is 1. The zero-order valence-electron chi connectivity index (χ0n) is 11.0. The molecule has 19 heavy (non-hydrogen) atoms. The lowest BCUT2D eigenvalue weighted by Gasteiger charge is -2.25. The molecule has 0 saturated heterocycles. The van der Waals surface area contributed by atoms with E-state index in [9.17, 15) is 14.9 Å². The van der Waals surface area contributed by atoms with Crippen LogP contribution in [0.25, 0.3) is 6.08 Å². The molecule has 0 heterocycles. The highest BCUT2D eigenvalue weighted by Crippen LogP contribution is 2.27. The van der Waals surface area contributed by atoms with Gasteiger partial charge in [0.2, 0.25) is 0 Å². The maximum absolute atomic E-state index is 10.8. The first-order chi connectivity index (χ1) is 8.82. The summed E-state index contributed by atoms with van der Waals surface area (Å²) >= 11 is 0. The summed E-state index contributed by atoms with van der Waals surface area (Å²) in [6.45, 7) is 3.96. The lowest BCUT2D eigenvalue weighted by molar-refractivity contribution is -0.384. The van der Waals surface area contributed by atoms with Gasteiger partial charge in [0.05, 0.1) is 4.92 Å². The Morgan fingerprint density at radius 3 is 2.58 bits per heavy atom. The van der Waals surface area contributed by atoms with E-state index in [-0.39, 0.29) is 11.7 Å². The quantitative estimate of drug-likeness (QED) is 0.502. The SMILES string of the molecule is CC(C)N(C)c1ccc([N+](=O)[O-])cc1/C=C/C(=O)O. The fourth-order valence-electron chi connectivity index (χ4n) is 1.55. The molecule has 0 saturated carbocycles. The van der Waals surface area contributed by atoms with Crippen LogP contribution in [0.4, 0.5) is 11.4 Å². The van der Waals surface area contributed by atoms with Gasteiger partial charge >= 0.3 is 5.97 Å². The molecular weight excluding hydrogens is 248 g/mol. The number of carboxylic acids is 1. The molecule has 6 nitrogen and oxygen atoms in total. The minimum atomic E-state index is -1.09. The summed E-state index contributed by atoms with van der Waals surface area (Å²) in [6, 6.07) is 4.60. The van der Waals surface area contributed by atoms with Crippen LogP contribution in [0.5, 0.6) is 0 Å². The standard InChI is InChI=1S/C13H16N2O4/c1-9(2)14(3)12-6-5-11(15(18)19)8-10(12)4-7-13(16)17/h4-9H,1-3H3,(H,16,17)/b7-4+. The van der Waals surface area contributed by atoms with Crippen molar-refractivity contribution in [2.45, 2.75) is 19.9 Å². The van der Waals surface area contributed by atoms with Crippen molar-refractivity contribution >= 4 is 23.4 Å². The second-order valence-corrected chi connectivity index (χ2v) is 4.38. The fraction of sp³-hybridized carbons (Fsp3) is 0.308. The van der Waals surface area contributed by atoms with Crippen LogP contribution in [0.1, 0.15) is 19.4 Å². The third-order valence-corrected chi connectivity index (χ3v) is 2.78. The van der Waals surface area contributed by atoms with Crippen molar-refractivity contribution in [2.24, 2.45) is 0 Å². The van der Waals surface area contributed by atoms with Gasteiger partial charge in [-0.3, -0.25) is 10.1 Å². The van der Waals surface area contributed by atoms with E-state index >= 15 is 0 Å². The summed E-state index contributed by atoms with van der Waals surface area (Å²) in [5.74, 6) is -1.09. The molecule has 0 atom stereocenters. The summed E-state index contributed by atoms with van der Waals surface area (Å²) in [6.07, 6.45) is 2.33. The van der Waals surface area contributed by atoms with E-state index in [1.54, 1.807) is 6.07 Å². The number of carbonyl (C=O) groups is 1. The van der Waals surface area contributed by atoms with Crippen molar-refractivity contribution in [1.82, 2.24) is 0 Å². The lowest BCUT2D eigenvalue weighted by Crippen LogP contribution is -2.26. The largest absolute Gasteiger partial charge is 0.478 e. The van der Waals surface area contributed by atoms with E-state index < -0.39 is 10.9 Å². The first kappa shape index (κ1) is 14.7. The maximum Gasteiger partial charge on any atom is 0.328 e. The fourth-order valence-corrected chi connectivity index (χ4v) is 1.55. The summed E-state index contributed by atoms with van der Waals surface area (Å²) < 4.78 is 0. The van der Waals surface area contributed by atoms with Crippen LogP contribution >= 0.6 is 0 Å². The maximum atomic E-state index is 10.8. The Morgan fingerprint density at radius 1 is 1.47 bits per heavy atom. The Bertz CT molecular complexity index is 523. The van der Waals surface area contributed by atoms with Crippen molar-refractivity contribution in [1.29, 1.82) is 0 Å². The van der Waals surface area contributed by atoms with Crippen LogP contribution in [0.3, 0.4) is 0 Å². The van der Waals surface area contributed by atoms with Gasteiger partial charge in [0.15, 0.2) is 0 Å². The second kappa shape index (κ2) is 5.99. The Morgan fingerprint density at radius 2 is 2.11 bits per heavy atom. The molecule has 0 radical (unpaired) electrons. The van der Waals surface area contributed by atoms with Crippen molar-refractivity contribution < 1.29 is 14.8 Å². The number of carboxylic acid groups (broad SMARTS) is 1. The van der Waals surface area contributed by atoms with Gasteiger partial charge in [-0.2, -0.15) is 0 Å². The average molecular weight is 264 g/mol. The Kier molecular flexibility index (Phi) is 4.63. The van der Waals surface area contributed by atoms with Gasteiger partial charge in [-0.15, -0.1) is 0 Å². The van der Waals surface area contributed by atoms with E-state index in [0.29, 0.717) is 5.56 Å². The van der Waals surface area contributed by atoms with Gasteiger partial charge in [-0.25, -0.2) is 4.79 Å². The molecule has 1 N–H and O–H groups in total. The number of hydrogen-bond donors (Lipinski definition) is 1. The second-order valence-electron chi connectivity index (χ2n) is 4.38. The molecule has 1 aromatic rings. The third kappa shape index (κ3) is 3.80. The molecule has 1 rings (SSSR count). The molecule has 0 aromatic heterocycles.